The van der Waals surface area contributed by atoms with Crippen molar-refractivity contribution < 1.29 is 14.3 Å². The molecule has 0 radical (unpaired) electrons. The van der Waals surface area contributed by atoms with Gasteiger partial charge in [-0.2, -0.15) is 0 Å². The fourth-order valence-electron chi connectivity index (χ4n) is 3.65. The monoisotopic (exact) mass is 414 g/mol. The highest BCUT2D eigenvalue weighted by atomic mass is 16.5. The number of carbonyl (C=O) groups excluding carboxylic acids is 2. The Labute approximate surface area is 182 Å². The average molecular weight is 415 g/mol. The molecular weight excluding hydrogens is 388 g/mol. The van der Waals surface area contributed by atoms with E-state index in [0.29, 0.717) is 37.5 Å². The zero-order valence-corrected chi connectivity index (χ0v) is 17.7. The topological polar surface area (TPSA) is 49.9 Å². The molecule has 5 nitrogen and oxygen atoms in total. The summed E-state index contributed by atoms with van der Waals surface area (Å²) in [7, 11) is 0. The second-order valence-corrected chi connectivity index (χ2v) is 7.72. The van der Waals surface area contributed by atoms with Gasteiger partial charge in [-0.25, -0.2) is 0 Å². The molecule has 4 rings (SSSR count). The summed E-state index contributed by atoms with van der Waals surface area (Å²) < 4.78 is 5.60. The van der Waals surface area contributed by atoms with Crippen LogP contribution in [0, 0.1) is 6.92 Å². The Bertz CT molecular complexity index is 1020. The summed E-state index contributed by atoms with van der Waals surface area (Å²) in [5.74, 6) is 0.634. The van der Waals surface area contributed by atoms with Crippen LogP contribution in [0.25, 0.3) is 11.1 Å². The van der Waals surface area contributed by atoms with E-state index in [1.807, 2.05) is 78.6 Å². The van der Waals surface area contributed by atoms with Gasteiger partial charge in [0.15, 0.2) is 6.61 Å². The van der Waals surface area contributed by atoms with Crippen molar-refractivity contribution in [2.24, 2.45) is 0 Å². The van der Waals surface area contributed by atoms with Gasteiger partial charge in [-0.05, 0) is 42.3 Å². The van der Waals surface area contributed by atoms with Gasteiger partial charge in [-0.1, -0.05) is 60.2 Å². The number of hydrogen-bond donors (Lipinski definition) is 0. The largest absolute Gasteiger partial charge is 0.484 e. The van der Waals surface area contributed by atoms with E-state index >= 15 is 0 Å². The van der Waals surface area contributed by atoms with E-state index in [9.17, 15) is 9.59 Å². The summed E-state index contributed by atoms with van der Waals surface area (Å²) in [6.07, 6.45) is 0. The van der Waals surface area contributed by atoms with Gasteiger partial charge in [0.05, 0.1) is 0 Å². The molecule has 0 N–H and O–H groups in total. The zero-order chi connectivity index (χ0) is 21.6. The minimum absolute atomic E-state index is 0.00242. The van der Waals surface area contributed by atoms with Crippen LogP contribution in [-0.4, -0.2) is 54.4 Å². The van der Waals surface area contributed by atoms with E-state index in [-0.39, 0.29) is 18.4 Å². The fraction of sp³-hybridized carbons (Fsp3) is 0.231. The smallest absolute Gasteiger partial charge is 0.260 e. The molecule has 1 aliphatic heterocycles. The SMILES string of the molecule is Cc1ccc(OCC(=O)N2CCN(C(=O)c3ccc(-c4ccccc4)cc3)CC2)cc1. The van der Waals surface area contributed by atoms with Crippen LogP contribution in [0.1, 0.15) is 15.9 Å². The van der Waals surface area contributed by atoms with E-state index < -0.39 is 0 Å². The maximum Gasteiger partial charge on any atom is 0.260 e. The highest BCUT2D eigenvalue weighted by Crippen LogP contribution is 2.20. The van der Waals surface area contributed by atoms with Crippen molar-refractivity contribution >= 4 is 11.8 Å². The van der Waals surface area contributed by atoms with Gasteiger partial charge in [0, 0.05) is 31.7 Å². The van der Waals surface area contributed by atoms with Crippen LogP contribution in [0.15, 0.2) is 78.9 Å². The molecule has 1 saturated heterocycles. The number of carbonyl (C=O) groups is 2. The fourth-order valence-corrected chi connectivity index (χ4v) is 3.65. The zero-order valence-electron chi connectivity index (χ0n) is 17.7. The second kappa shape index (κ2) is 9.47. The van der Waals surface area contributed by atoms with Crippen LogP contribution in [0.5, 0.6) is 5.75 Å². The molecule has 0 aliphatic carbocycles. The number of hydrogen-bond acceptors (Lipinski definition) is 3. The molecule has 3 aromatic rings. The number of aryl methyl sites for hydroxylation is 1. The normalized spacial score (nSPS) is 13.7. The molecule has 0 atom stereocenters. The lowest BCUT2D eigenvalue weighted by atomic mass is 10.0. The number of ether oxygens (including phenoxy) is 1. The molecule has 0 saturated carbocycles. The van der Waals surface area contributed by atoms with Gasteiger partial charge in [-0.15, -0.1) is 0 Å². The summed E-state index contributed by atoms with van der Waals surface area (Å²) in [5, 5.41) is 0. The summed E-state index contributed by atoms with van der Waals surface area (Å²) in [6.45, 7) is 4.10. The number of rotatable bonds is 5. The first-order valence-electron chi connectivity index (χ1n) is 10.5. The Kier molecular flexibility index (Phi) is 6.32. The van der Waals surface area contributed by atoms with Gasteiger partial charge in [-0.3, -0.25) is 9.59 Å². The molecule has 5 heteroatoms. The molecule has 0 aromatic heterocycles. The van der Waals surface area contributed by atoms with Gasteiger partial charge in [0.2, 0.25) is 0 Å². The third kappa shape index (κ3) is 5.12. The predicted octanol–water partition coefficient (Wildman–Crippen LogP) is 4.03. The molecule has 2 amide bonds. The highest BCUT2D eigenvalue weighted by Gasteiger charge is 2.25. The standard InChI is InChI=1S/C26H26N2O3/c1-20-7-13-24(14-8-20)31-19-25(29)27-15-17-28(18-16-27)26(30)23-11-9-22(10-12-23)21-5-3-2-4-6-21/h2-14H,15-19H2,1H3. The Balaban J connectivity index is 1.28. The Morgan fingerprint density at radius 1 is 0.742 bits per heavy atom. The van der Waals surface area contributed by atoms with Crippen molar-refractivity contribution in [1.29, 1.82) is 0 Å². The number of piperazine rings is 1. The van der Waals surface area contributed by atoms with Gasteiger partial charge >= 0.3 is 0 Å². The van der Waals surface area contributed by atoms with E-state index in [0.717, 1.165) is 16.7 Å². The molecule has 1 fully saturated rings. The van der Waals surface area contributed by atoms with Crippen LogP contribution in [0.2, 0.25) is 0 Å². The first kappa shape index (κ1) is 20.7. The minimum Gasteiger partial charge on any atom is -0.484 e. The van der Waals surface area contributed by atoms with Gasteiger partial charge < -0.3 is 14.5 Å². The van der Waals surface area contributed by atoms with Crippen molar-refractivity contribution in [3.63, 3.8) is 0 Å². The molecule has 1 aliphatic rings. The van der Waals surface area contributed by atoms with Crippen LogP contribution in [0.3, 0.4) is 0 Å². The molecule has 0 bridgehead atoms. The van der Waals surface area contributed by atoms with Gasteiger partial charge in [0.25, 0.3) is 11.8 Å². The van der Waals surface area contributed by atoms with Crippen LogP contribution in [0.4, 0.5) is 0 Å². The number of nitrogens with zero attached hydrogens (tertiary/aromatic N) is 2. The van der Waals surface area contributed by atoms with Crippen molar-refractivity contribution in [3.8, 4) is 16.9 Å². The third-order valence-corrected chi connectivity index (χ3v) is 5.54. The molecule has 158 valence electrons. The maximum atomic E-state index is 12.9. The molecule has 3 aromatic carbocycles. The van der Waals surface area contributed by atoms with E-state index in [1.54, 1.807) is 4.90 Å². The highest BCUT2D eigenvalue weighted by molar-refractivity contribution is 5.95. The molecular formula is C26H26N2O3. The molecule has 1 heterocycles. The van der Waals surface area contributed by atoms with Crippen molar-refractivity contribution in [2.45, 2.75) is 6.92 Å². The van der Waals surface area contributed by atoms with Gasteiger partial charge in [0.1, 0.15) is 5.75 Å². The minimum atomic E-state index is -0.0557. The lowest BCUT2D eigenvalue weighted by Crippen LogP contribution is -2.51. The van der Waals surface area contributed by atoms with E-state index in [1.165, 1.54) is 0 Å². The maximum absolute atomic E-state index is 12.9. The molecule has 0 unspecified atom stereocenters. The quantitative estimate of drug-likeness (QED) is 0.634. The summed E-state index contributed by atoms with van der Waals surface area (Å²) in [6, 6.07) is 25.4. The summed E-state index contributed by atoms with van der Waals surface area (Å²) in [5.41, 5.74) is 4.03. The Morgan fingerprint density at radius 2 is 1.32 bits per heavy atom. The average Bonchev–Trinajstić information content (AvgIpc) is 2.84. The Morgan fingerprint density at radius 3 is 1.97 bits per heavy atom. The van der Waals surface area contributed by atoms with E-state index in [4.69, 9.17) is 4.74 Å². The Hall–Kier alpha value is -3.60. The van der Waals surface area contributed by atoms with E-state index in [2.05, 4.69) is 12.1 Å². The van der Waals surface area contributed by atoms with Crippen LogP contribution in [-0.2, 0) is 4.79 Å². The summed E-state index contributed by atoms with van der Waals surface area (Å²) in [4.78, 5) is 28.9. The third-order valence-electron chi connectivity index (χ3n) is 5.54. The first-order chi connectivity index (χ1) is 15.1. The number of benzene rings is 3. The molecule has 31 heavy (non-hydrogen) atoms. The van der Waals surface area contributed by atoms with Crippen molar-refractivity contribution in [1.82, 2.24) is 9.80 Å². The number of amides is 2. The second-order valence-electron chi connectivity index (χ2n) is 7.72. The summed E-state index contributed by atoms with van der Waals surface area (Å²) >= 11 is 0. The lowest BCUT2D eigenvalue weighted by Gasteiger charge is -2.34. The predicted molar refractivity (Wildman–Crippen MR) is 121 cm³/mol. The van der Waals surface area contributed by atoms with Crippen molar-refractivity contribution in [3.05, 3.63) is 90.0 Å². The van der Waals surface area contributed by atoms with Crippen molar-refractivity contribution in [2.75, 3.05) is 32.8 Å². The van der Waals surface area contributed by atoms with Crippen LogP contribution < -0.4 is 4.74 Å². The lowest BCUT2D eigenvalue weighted by molar-refractivity contribution is -0.134. The van der Waals surface area contributed by atoms with Crippen LogP contribution >= 0.6 is 0 Å². The molecule has 0 spiro atoms. The first-order valence-corrected chi connectivity index (χ1v) is 10.5.